The van der Waals surface area contributed by atoms with Crippen LogP contribution < -0.4 is 5.32 Å². The highest BCUT2D eigenvalue weighted by Gasteiger charge is 2.21. The van der Waals surface area contributed by atoms with Gasteiger partial charge in [-0.2, -0.15) is 0 Å². The quantitative estimate of drug-likeness (QED) is 0.607. The summed E-state index contributed by atoms with van der Waals surface area (Å²) in [5, 5.41) is 11.1. The summed E-state index contributed by atoms with van der Waals surface area (Å²) in [6, 6.07) is -0.163. The van der Waals surface area contributed by atoms with E-state index in [-0.39, 0.29) is 6.04 Å². The van der Waals surface area contributed by atoms with E-state index in [0.29, 0.717) is 13.2 Å². The van der Waals surface area contributed by atoms with Crippen molar-refractivity contribution in [2.75, 3.05) is 13.2 Å². The molecule has 5 heteroatoms. The minimum absolute atomic E-state index is 0.163. The summed E-state index contributed by atoms with van der Waals surface area (Å²) < 4.78 is 5.07. The first kappa shape index (κ1) is 12.9. The van der Waals surface area contributed by atoms with Crippen molar-refractivity contribution in [3.05, 3.63) is 0 Å². The molecule has 0 heterocycles. The molecular formula is C9H17NO4. The Hall–Kier alpha value is -1.10. The summed E-state index contributed by atoms with van der Waals surface area (Å²) in [6.07, 6.45) is 0. The van der Waals surface area contributed by atoms with Crippen LogP contribution in [-0.2, 0) is 14.3 Å². The predicted molar refractivity (Wildman–Crippen MR) is 50.9 cm³/mol. The van der Waals surface area contributed by atoms with Gasteiger partial charge in [-0.15, -0.1) is 0 Å². The number of carbonyl (C=O) groups is 2. The number of hydrogen-bond acceptors (Lipinski definition) is 3. The lowest BCUT2D eigenvalue weighted by atomic mass is 10.1. The zero-order valence-corrected chi connectivity index (χ0v) is 8.74. The molecule has 2 unspecified atom stereocenters. The van der Waals surface area contributed by atoms with E-state index in [1.54, 1.807) is 6.92 Å². The van der Waals surface area contributed by atoms with Gasteiger partial charge in [0.25, 0.3) is 0 Å². The lowest BCUT2D eigenvalue weighted by molar-refractivity contribution is -0.146. The molecule has 2 N–H and O–H groups in total. The Morgan fingerprint density at radius 2 is 2.00 bits per heavy atom. The fourth-order valence-corrected chi connectivity index (χ4v) is 0.816. The monoisotopic (exact) mass is 203 g/mol. The topological polar surface area (TPSA) is 75.6 Å². The minimum atomic E-state index is -1.12. The van der Waals surface area contributed by atoms with Crippen LogP contribution in [0.1, 0.15) is 20.8 Å². The third-order valence-electron chi connectivity index (χ3n) is 1.72. The molecule has 0 aromatic heterocycles. The molecule has 1 amide bonds. The normalized spacial score (nSPS) is 14.5. The van der Waals surface area contributed by atoms with E-state index in [2.05, 4.69) is 5.32 Å². The number of carbonyl (C=O) groups excluding carboxylic acids is 1. The number of rotatable bonds is 6. The maximum Gasteiger partial charge on any atom is 0.315 e. The van der Waals surface area contributed by atoms with E-state index in [1.165, 1.54) is 6.92 Å². The maximum atomic E-state index is 11.2. The molecule has 0 saturated heterocycles. The molecule has 0 saturated carbocycles. The van der Waals surface area contributed by atoms with Crippen LogP contribution in [0.3, 0.4) is 0 Å². The number of hydrogen-bond donors (Lipinski definition) is 2. The molecule has 0 aliphatic heterocycles. The number of nitrogens with one attached hydrogen (secondary N) is 1. The molecule has 0 bridgehead atoms. The van der Waals surface area contributed by atoms with Gasteiger partial charge in [-0.05, 0) is 20.8 Å². The van der Waals surface area contributed by atoms with Gasteiger partial charge in [0.15, 0.2) is 0 Å². The van der Waals surface area contributed by atoms with Crippen LogP contribution in [0.5, 0.6) is 0 Å². The minimum Gasteiger partial charge on any atom is -0.481 e. The van der Waals surface area contributed by atoms with Crippen LogP contribution in [0.4, 0.5) is 0 Å². The standard InChI is InChI=1S/C9H17NO4/c1-4-14-5-6(2)10-8(11)7(3)9(12)13/h6-7H,4-5H2,1-3H3,(H,10,11)(H,12,13). The number of ether oxygens (including phenoxy) is 1. The molecule has 5 nitrogen and oxygen atoms in total. The van der Waals surface area contributed by atoms with Crippen molar-refractivity contribution in [1.29, 1.82) is 0 Å². The number of carboxylic acids is 1. The Morgan fingerprint density at radius 3 is 2.43 bits per heavy atom. The van der Waals surface area contributed by atoms with Crippen LogP contribution in [0.2, 0.25) is 0 Å². The van der Waals surface area contributed by atoms with E-state index in [1.807, 2.05) is 6.92 Å². The van der Waals surface area contributed by atoms with Gasteiger partial charge in [-0.3, -0.25) is 9.59 Å². The average Bonchev–Trinajstić information content (AvgIpc) is 2.13. The second kappa shape index (κ2) is 6.37. The Balaban J connectivity index is 3.87. The summed E-state index contributed by atoms with van der Waals surface area (Å²) in [6.45, 7) is 5.95. The molecule has 0 aliphatic rings. The van der Waals surface area contributed by atoms with Crippen LogP contribution >= 0.6 is 0 Å². The smallest absolute Gasteiger partial charge is 0.315 e. The molecule has 2 atom stereocenters. The van der Waals surface area contributed by atoms with Crippen molar-refractivity contribution >= 4 is 11.9 Å². The van der Waals surface area contributed by atoms with Crippen LogP contribution in [-0.4, -0.2) is 36.2 Å². The second-order valence-corrected chi connectivity index (χ2v) is 3.13. The van der Waals surface area contributed by atoms with Gasteiger partial charge in [0, 0.05) is 12.6 Å². The highest BCUT2D eigenvalue weighted by atomic mass is 16.5. The van der Waals surface area contributed by atoms with Gasteiger partial charge < -0.3 is 15.2 Å². The Labute approximate surface area is 83.4 Å². The van der Waals surface area contributed by atoms with E-state index in [4.69, 9.17) is 9.84 Å². The zero-order chi connectivity index (χ0) is 11.1. The summed E-state index contributed by atoms with van der Waals surface area (Å²) in [5.41, 5.74) is 0. The second-order valence-electron chi connectivity index (χ2n) is 3.13. The summed E-state index contributed by atoms with van der Waals surface area (Å²) in [7, 11) is 0. The molecule has 0 aliphatic carbocycles. The molecular weight excluding hydrogens is 186 g/mol. The summed E-state index contributed by atoms with van der Waals surface area (Å²) in [5.74, 6) is -2.62. The molecule has 0 aromatic carbocycles. The van der Waals surface area contributed by atoms with E-state index in [9.17, 15) is 9.59 Å². The van der Waals surface area contributed by atoms with Crippen LogP contribution in [0.25, 0.3) is 0 Å². The maximum absolute atomic E-state index is 11.2. The molecule has 0 aromatic rings. The Kier molecular flexibility index (Phi) is 5.87. The first-order valence-electron chi connectivity index (χ1n) is 4.60. The fourth-order valence-electron chi connectivity index (χ4n) is 0.816. The first-order chi connectivity index (χ1) is 6.49. The van der Waals surface area contributed by atoms with Gasteiger partial charge in [-0.25, -0.2) is 0 Å². The van der Waals surface area contributed by atoms with Crippen molar-refractivity contribution in [2.45, 2.75) is 26.8 Å². The summed E-state index contributed by atoms with van der Waals surface area (Å²) in [4.78, 5) is 21.7. The van der Waals surface area contributed by atoms with Gasteiger partial charge in [-0.1, -0.05) is 0 Å². The zero-order valence-electron chi connectivity index (χ0n) is 8.74. The number of aliphatic carboxylic acids is 1. The fraction of sp³-hybridized carbons (Fsp3) is 0.778. The summed E-state index contributed by atoms with van der Waals surface area (Å²) >= 11 is 0. The van der Waals surface area contributed by atoms with Crippen molar-refractivity contribution in [1.82, 2.24) is 5.32 Å². The SMILES string of the molecule is CCOCC(C)NC(=O)C(C)C(=O)O. The predicted octanol–water partition coefficient (Wildman–Crippen LogP) is 0.248. The third-order valence-corrected chi connectivity index (χ3v) is 1.72. The van der Waals surface area contributed by atoms with Crippen molar-refractivity contribution in [3.8, 4) is 0 Å². The third kappa shape index (κ3) is 4.81. The molecule has 0 spiro atoms. The number of amides is 1. The van der Waals surface area contributed by atoms with Crippen molar-refractivity contribution in [3.63, 3.8) is 0 Å². The molecule has 0 radical (unpaired) electrons. The van der Waals surface area contributed by atoms with Crippen molar-refractivity contribution in [2.24, 2.45) is 5.92 Å². The van der Waals surface area contributed by atoms with Crippen LogP contribution in [0, 0.1) is 5.92 Å². The molecule has 14 heavy (non-hydrogen) atoms. The van der Waals surface area contributed by atoms with E-state index < -0.39 is 17.8 Å². The Bertz CT molecular complexity index is 205. The lowest BCUT2D eigenvalue weighted by Gasteiger charge is -2.15. The highest BCUT2D eigenvalue weighted by Crippen LogP contribution is 1.96. The molecule has 0 fully saturated rings. The van der Waals surface area contributed by atoms with Crippen LogP contribution in [0.15, 0.2) is 0 Å². The first-order valence-corrected chi connectivity index (χ1v) is 4.60. The van der Waals surface area contributed by atoms with Gasteiger partial charge in [0.05, 0.1) is 6.61 Å². The largest absolute Gasteiger partial charge is 0.481 e. The van der Waals surface area contributed by atoms with Gasteiger partial charge >= 0.3 is 5.97 Å². The van der Waals surface area contributed by atoms with E-state index >= 15 is 0 Å². The Morgan fingerprint density at radius 1 is 1.43 bits per heavy atom. The molecule has 82 valence electrons. The van der Waals surface area contributed by atoms with E-state index in [0.717, 1.165) is 0 Å². The van der Waals surface area contributed by atoms with Gasteiger partial charge in [0.2, 0.25) is 5.91 Å². The highest BCUT2D eigenvalue weighted by molar-refractivity contribution is 5.96. The molecule has 0 rings (SSSR count). The lowest BCUT2D eigenvalue weighted by Crippen LogP contribution is -2.41. The number of carboxylic acid groups (broad SMARTS) is 1. The van der Waals surface area contributed by atoms with Crippen molar-refractivity contribution < 1.29 is 19.4 Å². The van der Waals surface area contributed by atoms with Gasteiger partial charge in [0.1, 0.15) is 5.92 Å². The average molecular weight is 203 g/mol.